The van der Waals surface area contributed by atoms with Crippen LogP contribution < -0.4 is 4.90 Å². The second-order valence-electron chi connectivity index (χ2n) is 4.32. The molecule has 0 saturated carbocycles. The fraction of sp³-hybridized carbons (Fsp3) is 0.286. The van der Waals surface area contributed by atoms with Crippen molar-refractivity contribution < 1.29 is 26.3 Å². The highest BCUT2D eigenvalue weighted by molar-refractivity contribution is 5.56. The van der Waals surface area contributed by atoms with Crippen LogP contribution in [0.3, 0.4) is 0 Å². The van der Waals surface area contributed by atoms with Gasteiger partial charge in [-0.05, 0) is 25.1 Å². The zero-order valence-electron chi connectivity index (χ0n) is 11.6. The molecule has 0 spiro atoms. The second-order valence-corrected chi connectivity index (χ2v) is 4.32. The Morgan fingerprint density at radius 3 is 1.74 bits per heavy atom. The molecule has 0 heterocycles. The van der Waals surface area contributed by atoms with E-state index in [1.807, 2.05) is 0 Å². The smallest absolute Gasteiger partial charge is 0.346 e. The summed E-state index contributed by atoms with van der Waals surface area (Å²) in [4.78, 5) is 0.965. The van der Waals surface area contributed by atoms with E-state index in [4.69, 9.17) is 10.5 Å². The van der Waals surface area contributed by atoms with Gasteiger partial charge in [0.25, 0.3) is 0 Å². The molecule has 0 aliphatic heterocycles. The van der Waals surface area contributed by atoms with E-state index in [-0.39, 0.29) is 12.6 Å². The molecular formula is C14H9F6N3. The van der Waals surface area contributed by atoms with E-state index in [9.17, 15) is 26.3 Å². The number of allylic oxidation sites excluding steroid dienone is 1. The Kier molecular flexibility index (Phi) is 5.28. The predicted octanol–water partition coefficient (Wildman–Crippen LogP) is 4.48. The van der Waals surface area contributed by atoms with Crippen molar-refractivity contribution in [2.45, 2.75) is 19.3 Å². The first-order valence-corrected chi connectivity index (χ1v) is 6.11. The van der Waals surface area contributed by atoms with E-state index in [0.29, 0.717) is 12.1 Å². The molecule has 0 aromatic heterocycles. The van der Waals surface area contributed by atoms with Crippen LogP contribution in [0.4, 0.5) is 32.0 Å². The van der Waals surface area contributed by atoms with Crippen LogP contribution in [0, 0.1) is 22.7 Å². The highest BCUT2D eigenvalue weighted by atomic mass is 19.4. The molecule has 0 fully saturated rings. The third-order valence-corrected chi connectivity index (χ3v) is 2.77. The molecule has 3 nitrogen and oxygen atoms in total. The molecule has 0 atom stereocenters. The molecule has 0 aliphatic carbocycles. The first-order valence-electron chi connectivity index (χ1n) is 6.11. The maximum Gasteiger partial charge on any atom is 0.416 e. The minimum Gasteiger partial charge on any atom is -0.346 e. The minimum absolute atomic E-state index is 0.0105. The topological polar surface area (TPSA) is 50.8 Å². The van der Waals surface area contributed by atoms with Crippen molar-refractivity contribution in [2.24, 2.45) is 0 Å². The summed E-state index contributed by atoms with van der Waals surface area (Å²) in [7, 11) is 0. The fourth-order valence-corrected chi connectivity index (χ4v) is 1.69. The van der Waals surface area contributed by atoms with Gasteiger partial charge in [0.15, 0.2) is 0 Å². The maximum atomic E-state index is 12.8. The van der Waals surface area contributed by atoms with Gasteiger partial charge < -0.3 is 4.90 Å². The lowest BCUT2D eigenvalue weighted by Crippen LogP contribution is -2.19. The summed E-state index contributed by atoms with van der Waals surface area (Å²) < 4.78 is 76.8. The van der Waals surface area contributed by atoms with Crippen molar-refractivity contribution in [2.75, 3.05) is 11.4 Å². The Balaban J connectivity index is 3.54. The maximum absolute atomic E-state index is 12.8. The number of hydrogen-bond acceptors (Lipinski definition) is 3. The van der Waals surface area contributed by atoms with Crippen molar-refractivity contribution in [3.63, 3.8) is 0 Å². The zero-order valence-corrected chi connectivity index (χ0v) is 11.6. The Bertz CT molecular complexity index is 640. The van der Waals surface area contributed by atoms with Crippen LogP contribution in [0.5, 0.6) is 0 Å². The lowest BCUT2D eigenvalue weighted by Gasteiger charge is -2.21. The molecule has 0 unspecified atom stereocenters. The van der Waals surface area contributed by atoms with Gasteiger partial charge in [-0.25, -0.2) is 0 Å². The van der Waals surface area contributed by atoms with Crippen LogP contribution in [0.25, 0.3) is 0 Å². The van der Waals surface area contributed by atoms with Gasteiger partial charge in [-0.3, -0.25) is 0 Å². The molecule has 0 N–H and O–H groups in total. The number of benzene rings is 1. The highest BCUT2D eigenvalue weighted by Gasteiger charge is 2.37. The molecule has 122 valence electrons. The molecule has 1 aromatic rings. The Morgan fingerprint density at radius 1 is 1.00 bits per heavy atom. The molecule has 0 radical (unpaired) electrons. The van der Waals surface area contributed by atoms with Crippen molar-refractivity contribution in [3.8, 4) is 12.1 Å². The summed E-state index contributed by atoms with van der Waals surface area (Å²) in [5, 5.41) is 17.3. The lowest BCUT2D eigenvalue weighted by atomic mass is 10.1. The first-order chi connectivity index (χ1) is 10.5. The molecule has 0 bridgehead atoms. The van der Waals surface area contributed by atoms with Crippen LogP contribution in [-0.4, -0.2) is 6.54 Å². The normalized spacial score (nSPS) is 11.3. The quantitative estimate of drug-likeness (QED) is 0.605. The number of nitriles is 2. The monoisotopic (exact) mass is 333 g/mol. The van der Waals surface area contributed by atoms with Crippen molar-refractivity contribution in [1.82, 2.24) is 0 Å². The van der Waals surface area contributed by atoms with E-state index in [1.165, 1.54) is 19.1 Å². The minimum atomic E-state index is -4.97. The van der Waals surface area contributed by atoms with Gasteiger partial charge in [-0.2, -0.15) is 36.9 Å². The van der Waals surface area contributed by atoms with E-state index in [0.717, 1.165) is 11.1 Å². The van der Waals surface area contributed by atoms with Crippen molar-refractivity contribution in [3.05, 3.63) is 41.1 Å². The van der Waals surface area contributed by atoms with Crippen LogP contribution in [0.2, 0.25) is 0 Å². The van der Waals surface area contributed by atoms with Gasteiger partial charge in [0.05, 0.1) is 11.1 Å². The molecule has 0 amide bonds. The molecule has 0 saturated heterocycles. The average Bonchev–Trinajstić information content (AvgIpc) is 2.46. The standard InChI is InChI=1S/C14H9F6N3/c1-2-23(8-9(6-21)7-22)12-4-10(13(15,16)17)3-11(5-12)14(18,19)20/h3-5,8H,2H2,1H3. The summed E-state index contributed by atoms with van der Waals surface area (Å²) >= 11 is 0. The second kappa shape index (κ2) is 6.61. The van der Waals surface area contributed by atoms with Crippen molar-refractivity contribution in [1.29, 1.82) is 10.5 Å². The summed E-state index contributed by atoms with van der Waals surface area (Å²) in [6.45, 7) is 1.42. The van der Waals surface area contributed by atoms with Gasteiger partial charge in [0.1, 0.15) is 17.7 Å². The van der Waals surface area contributed by atoms with E-state index in [1.54, 1.807) is 0 Å². The number of hydrogen-bond donors (Lipinski definition) is 0. The predicted molar refractivity (Wildman–Crippen MR) is 68.8 cm³/mol. The van der Waals surface area contributed by atoms with Gasteiger partial charge in [-0.15, -0.1) is 0 Å². The summed E-state index contributed by atoms with van der Waals surface area (Å²) in [6.07, 6.45) is -9.03. The average molecular weight is 333 g/mol. The van der Waals surface area contributed by atoms with Gasteiger partial charge in [0.2, 0.25) is 0 Å². The Hall–Kier alpha value is -2.68. The Morgan fingerprint density at radius 2 is 1.43 bits per heavy atom. The first kappa shape index (κ1) is 18.4. The van der Waals surface area contributed by atoms with Gasteiger partial charge >= 0.3 is 12.4 Å². The van der Waals surface area contributed by atoms with Crippen LogP contribution in [0.15, 0.2) is 30.0 Å². The zero-order chi connectivity index (χ0) is 17.8. The fourth-order valence-electron chi connectivity index (χ4n) is 1.69. The number of alkyl halides is 6. The van der Waals surface area contributed by atoms with Gasteiger partial charge in [-0.1, -0.05) is 0 Å². The number of halogens is 6. The highest BCUT2D eigenvalue weighted by Crippen LogP contribution is 2.38. The number of rotatable bonds is 3. The number of nitrogens with zero attached hydrogens (tertiary/aromatic N) is 3. The third-order valence-electron chi connectivity index (χ3n) is 2.77. The van der Waals surface area contributed by atoms with Crippen LogP contribution in [0.1, 0.15) is 18.1 Å². The molecular weight excluding hydrogens is 324 g/mol. The molecule has 1 aromatic carbocycles. The number of anilines is 1. The molecule has 0 aliphatic rings. The van der Waals surface area contributed by atoms with Crippen LogP contribution in [-0.2, 0) is 12.4 Å². The lowest BCUT2D eigenvalue weighted by molar-refractivity contribution is -0.143. The SMILES string of the molecule is CCN(C=C(C#N)C#N)c1cc(C(F)(F)F)cc(C(F)(F)F)c1. The molecule has 23 heavy (non-hydrogen) atoms. The molecule has 1 rings (SSSR count). The van der Waals surface area contributed by atoms with Crippen LogP contribution >= 0.6 is 0 Å². The van der Waals surface area contributed by atoms with Crippen molar-refractivity contribution >= 4 is 5.69 Å². The van der Waals surface area contributed by atoms with E-state index < -0.39 is 34.7 Å². The van der Waals surface area contributed by atoms with Gasteiger partial charge in [0, 0.05) is 18.4 Å². The molecule has 9 heteroatoms. The largest absolute Gasteiger partial charge is 0.416 e. The Labute approximate surface area is 127 Å². The summed E-state index contributed by atoms with van der Waals surface area (Å²) in [5.74, 6) is 0. The van der Waals surface area contributed by atoms with E-state index >= 15 is 0 Å². The third kappa shape index (κ3) is 4.65. The summed E-state index contributed by atoms with van der Waals surface area (Å²) in [5.41, 5.74) is -3.80. The van der Waals surface area contributed by atoms with E-state index in [2.05, 4.69) is 0 Å². The summed E-state index contributed by atoms with van der Waals surface area (Å²) in [6, 6.07) is 4.05.